The van der Waals surface area contributed by atoms with E-state index in [2.05, 4.69) is 35.3 Å². The standard InChI is InChI=1S/C25H31N3O3S/c1-4-17-5-7-20-23(16-17)32-25(27-20)28-13-10-19(11-14-28)24(29)26-12-9-18-6-8-21(30-2)22(15-18)31-3/h5-8,15-16,19H,4,9-14H2,1-3H3,(H,26,29). The summed E-state index contributed by atoms with van der Waals surface area (Å²) in [5, 5.41) is 4.18. The minimum atomic E-state index is 0.0673. The van der Waals surface area contributed by atoms with Gasteiger partial charge in [-0.15, -0.1) is 0 Å². The van der Waals surface area contributed by atoms with E-state index >= 15 is 0 Å². The van der Waals surface area contributed by atoms with Crippen molar-refractivity contribution in [2.45, 2.75) is 32.6 Å². The van der Waals surface area contributed by atoms with E-state index in [4.69, 9.17) is 14.5 Å². The number of hydrogen-bond donors (Lipinski definition) is 1. The molecular weight excluding hydrogens is 422 g/mol. The second-order valence-corrected chi connectivity index (χ2v) is 9.15. The fraction of sp³-hybridized carbons (Fsp3) is 0.440. The van der Waals surface area contributed by atoms with Crippen LogP contribution in [0.2, 0.25) is 0 Å². The van der Waals surface area contributed by atoms with Gasteiger partial charge in [-0.3, -0.25) is 4.79 Å². The molecule has 3 aromatic rings. The predicted octanol–water partition coefficient (Wildman–Crippen LogP) is 4.45. The second kappa shape index (κ2) is 10.2. The number of aromatic nitrogens is 1. The van der Waals surface area contributed by atoms with Crippen molar-refractivity contribution >= 4 is 32.6 Å². The molecule has 1 aliphatic heterocycles. The fourth-order valence-electron chi connectivity index (χ4n) is 4.16. The number of carbonyl (C=O) groups is 1. The van der Waals surface area contributed by atoms with Crippen LogP contribution in [0.15, 0.2) is 36.4 Å². The molecular formula is C25H31N3O3S. The van der Waals surface area contributed by atoms with Crippen LogP contribution in [-0.4, -0.2) is 44.7 Å². The molecule has 32 heavy (non-hydrogen) atoms. The first kappa shape index (κ1) is 22.4. The third-order valence-electron chi connectivity index (χ3n) is 6.15. The van der Waals surface area contributed by atoms with Gasteiger partial charge in [0.15, 0.2) is 16.6 Å². The molecule has 0 saturated carbocycles. The zero-order valence-electron chi connectivity index (χ0n) is 19.0. The van der Waals surface area contributed by atoms with Crippen LogP contribution in [0.4, 0.5) is 5.13 Å². The maximum absolute atomic E-state index is 12.7. The predicted molar refractivity (Wildman–Crippen MR) is 130 cm³/mol. The molecule has 2 aromatic carbocycles. The Labute approximate surface area is 193 Å². The molecule has 0 aliphatic carbocycles. The van der Waals surface area contributed by atoms with Gasteiger partial charge in [0.1, 0.15) is 0 Å². The largest absolute Gasteiger partial charge is 0.493 e. The van der Waals surface area contributed by atoms with Gasteiger partial charge in [0.25, 0.3) is 0 Å². The molecule has 1 aliphatic rings. The number of anilines is 1. The number of ether oxygens (including phenoxy) is 2. The van der Waals surface area contributed by atoms with E-state index in [1.54, 1.807) is 25.6 Å². The van der Waals surface area contributed by atoms with Gasteiger partial charge in [-0.05, 0) is 61.1 Å². The number of aryl methyl sites for hydroxylation is 1. The summed E-state index contributed by atoms with van der Waals surface area (Å²) in [6.45, 7) is 4.53. The molecule has 0 spiro atoms. The number of nitrogens with one attached hydrogen (secondary N) is 1. The van der Waals surface area contributed by atoms with Crippen molar-refractivity contribution in [1.29, 1.82) is 0 Å². The summed E-state index contributed by atoms with van der Waals surface area (Å²) in [6, 6.07) is 12.4. The molecule has 0 atom stereocenters. The normalized spacial score (nSPS) is 14.5. The van der Waals surface area contributed by atoms with Crippen LogP contribution in [0, 0.1) is 5.92 Å². The molecule has 7 heteroatoms. The average Bonchev–Trinajstić information content (AvgIpc) is 3.27. The molecule has 1 aromatic heterocycles. The molecule has 0 unspecified atom stereocenters. The summed E-state index contributed by atoms with van der Waals surface area (Å²) in [6.07, 6.45) is 3.52. The summed E-state index contributed by atoms with van der Waals surface area (Å²) in [5.74, 6) is 1.65. The van der Waals surface area contributed by atoms with Crippen molar-refractivity contribution in [1.82, 2.24) is 10.3 Å². The molecule has 1 N–H and O–H groups in total. The highest BCUT2D eigenvalue weighted by Crippen LogP contribution is 2.32. The maximum atomic E-state index is 12.7. The summed E-state index contributed by atoms with van der Waals surface area (Å²) in [5.41, 5.74) is 3.52. The number of fused-ring (bicyclic) bond motifs is 1. The lowest BCUT2D eigenvalue weighted by atomic mass is 9.96. The van der Waals surface area contributed by atoms with Gasteiger partial charge in [-0.1, -0.05) is 30.4 Å². The van der Waals surface area contributed by atoms with Crippen molar-refractivity contribution in [3.05, 3.63) is 47.5 Å². The molecule has 1 saturated heterocycles. The minimum absolute atomic E-state index is 0.0673. The Hall–Kier alpha value is -2.80. The Bertz CT molecular complexity index is 1070. The van der Waals surface area contributed by atoms with E-state index in [0.717, 1.165) is 55.0 Å². The molecule has 4 rings (SSSR count). The SMILES string of the molecule is CCc1ccc2nc(N3CCC(C(=O)NCCc4ccc(OC)c(OC)c4)CC3)sc2c1. The van der Waals surface area contributed by atoms with Crippen LogP contribution >= 0.6 is 11.3 Å². The van der Waals surface area contributed by atoms with Gasteiger partial charge in [-0.2, -0.15) is 0 Å². The lowest BCUT2D eigenvalue weighted by Crippen LogP contribution is -2.41. The Morgan fingerprint density at radius 2 is 1.84 bits per heavy atom. The summed E-state index contributed by atoms with van der Waals surface area (Å²) >= 11 is 1.76. The number of hydrogen-bond acceptors (Lipinski definition) is 6. The smallest absolute Gasteiger partial charge is 0.223 e. The summed E-state index contributed by atoms with van der Waals surface area (Å²) in [4.78, 5) is 19.8. The Kier molecular flexibility index (Phi) is 7.15. The molecule has 0 bridgehead atoms. The molecule has 1 fully saturated rings. The van der Waals surface area contributed by atoms with E-state index in [9.17, 15) is 4.79 Å². The Balaban J connectivity index is 1.26. The van der Waals surface area contributed by atoms with Crippen LogP contribution < -0.4 is 19.7 Å². The highest BCUT2D eigenvalue weighted by molar-refractivity contribution is 7.22. The zero-order chi connectivity index (χ0) is 22.5. The van der Waals surface area contributed by atoms with E-state index in [1.165, 1.54) is 10.3 Å². The first-order valence-electron chi connectivity index (χ1n) is 11.2. The topological polar surface area (TPSA) is 63.7 Å². The van der Waals surface area contributed by atoms with Crippen LogP contribution in [-0.2, 0) is 17.6 Å². The van der Waals surface area contributed by atoms with E-state index in [-0.39, 0.29) is 11.8 Å². The first-order valence-corrected chi connectivity index (χ1v) is 12.1. The Morgan fingerprint density at radius 3 is 2.56 bits per heavy atom. The van der Waals surface area contributed by atoms with Crippen molar-refractivity contribution in [3.8, 4) is 11.5 Å². The Morgan fingerprint density at radius 1 is 1.09 bits per heavy atom. The minimum Gasteiger partial charge on any atom is -0.493 e. The number of piperidine rings is 1. The van der Waals surface area contributed by atoms with Gasteiger partial charge in [0.05, 0.1) is 24.4 Å². The fourth-order valence-corrected chi connectivity index (χ4v) is 5.24. The molecule has 1 amide bonds. The average molecular weight is 454 g/mol. The van der Waals surface area contributed by atoms with Crippen LogP contribution in [0.25, 0.3) is 10.2 Å². The lowest BCUT2D eigenvalue weighted by Gasteiger charge is -2.31. The molecule has 170 valence electrons. The van der Waals surface area contributed by atoms with Crippen LogP contribution in [0.3, 0.4) is 0 Å². The van der Waals surface area contributed by atoms with Crippen LogP contribution in [0.1, 0.15) is 30.9 Å². The van der Waals surface area contributed by atoms with Gasteiger partial charge < -0.3 is 19.7 Å². The van der Waals surface area contributed by atoms with Gasteiger partial charge in [0.2, 0.25) is 5.91 Å². The second-order valence-electron chi connectivity index (χ2n) is 8.14. The van der Waals surface area contributed by atoms with E-state index in [1.807, 2.05) is 18.2 Å². The van der Waals surface area contributed by atoms with Gasteiger partial charge in [-0.25, -0.2) is 4.98 Å². The van der Waals surface area contributed by atoms with E-state index in [0.29, 0.717) is 18.0 Å². The highest BCUT2D eigenvalue weighted by atomic mass is 32.1. The number of rotatable bonds is 8. The van der Waals surface area contributed by atoms with Gasteiger partial charge in [0, 0.05) is 25.6 Å². The zero-order valence-corrected chi connectivity index (χ0v) is 19.8. The number of nitrogens with zero attached hydrogens (tertiary/aromatic N) is 2. The number of thiazole rings is 1. The van der Waals surface area contributed by atoms with Crippen molar-refractivity contribution in [2.24, 2.45) is 5.92 Å². The number of carbonyl (C=O) groups excluding carboxylic acids is 1. The van der Waals surface area contributed by atoms with Gasteiger partial charge >= 0.3 is 0 Å². The van der Waals surface area contributed by atoms with Crippen molar-refractivity contribution < 1.29 is 14.3 Å². The summed E-state index contributed by atoms with van der Waals surface area (Å²) < 4.78 is 11.9. The van der Waals surface area contributed by atoms with Crippen molar-refractivity contribution in [2.75, 3.05) is 38.8 Å². The van der Waals surface area contributed by atoms with Crippen molar-refractivity contribution in [3.63, 3.8) is 0 Å². The molecule has 0 radical (unpaired) electrons. The maximum Gasteiger partial charge on any atom is 0.223 e. The van der Waals surface area contributed by atoms with E-state index < -0.39 is 0 Å². The number of benzene rings is 2. The third-order valence-corrected chi connectivity index (χ3v) is 7.23. The number of methoxy groups -OCH3 is 2. The lowest BCUT2D eigenvalue weighted by molar-refractivity contribution is -0.125. The first-order chi connectivity index (χ1) is 15.6. The molecule has 2 heterocycles. The quantitative estimate of drug-likeness (QED) is 0.546. The number of amides is 1. The van der Waals surface area contributed by atoms with Crippen LogP contribution in [0.5, 0.6) is 11.5 Å². The monoisotopic (exact) mass is 453 g/mol. The molecule has 6 nitrogen and oxygen atoms in total. The summed E-state index contributed by atoms with van der Waals surface area (Å²) in [7, 11) is 3.26. The third kappa shape index (κ3) is 4.99. The highest BCUT2D eigenvalue weighted by Gasteiger charge is 2.26.